The summed E-state index contributed by atoms with van der Waals surface area (Å²) in [4.78, 5) is 13.2. The van der Waals surface area contributed by atoms with Crippen molar-refractivity contribution in [1.82, 2.24) is 15.0 Å². The molecule has 0 aliphatic carbocycles. The molecular weight excluding hydrogens is 294 g/mol. The predicted octanol–water partition coefficient (Wildman–Crippen LogP) is 2.46. The summed E-state index contributed by atoms with van der Waals surface area (Å²) in [5.41, 5.74) is 5.26. The highest BCUT2D eigenvalue weighted by Gasteiger charge is 2.13. The summed E-state index contributed by atoms with van der Waals surface area (Å²) in [6, 6.07) is 3.76. The fourth-order valence-electron chi connectivity index (χ4n) is 1.79. The van der Waals surface area contributed by atoms with Crippen LogP contribution in [0.25, 0.3) is 11.5 Å². The second-order valence-corrected chi connectivity index (χ2v) is 4.65. The third kappa shape index (κ3) is 2.34. The minimum absolute atomic E-state index is 0.560. The molecule has 0 aromatic carbocycles. The zero-order valence-electron chi connectivity index (χ0n) is 10.2. The highest BCUT2D eigenvalue weighted by Crippen LogP contribution is 2.26. The van der Waals surface area contributed by atoms with Gasteiger partial charge in [-0.05, 0) is 41.4 Å². The number of hydrogen-bond acceptors (Lipinski definition) is 5. The van der Waals surface area contributed by atoms with Gasteiger partial charge in [-0.15, -0.1) is 0 Å². The number of hydrogen-bond donors (Lipinski definition) is 2. The van der Waals surface area contributed by atoms with E-state index in [0.717, 1.165) is 22.2 Å². The molecule has 0 saturated carbocycles. The second-order valence-electron chi connectivity index (χ2n) is 3.79. The van der Waals surface area contributed by atoms with Gasteiger partial charge in [0.15, 0.2) is 5.82 Å². The van der Waals surface area contributed by atoms with Crippen LogP contribution in [0, 0.1) is 6.92 Å². The van der Waals surface area contributed by atoms with Crippen molar-refractivity contribution in [3.63, 3.8) is 0 Å². The molecule has 0 spiro atoms. The third-order valence-corrected chi connectivity index (χ3v) is 3.31. The molecule has 0 unspecified atom stereocenters. The fourth-order valence-corrected chi connectivity index (χ4v) is 2.23. The van der Waals surface area contributed by atoms with Crippen LogP contribution >= 0.6 is 15.9 Å². The van der Waals surface area contributed by atoms with Gasteiger partial charge in [0.1, 0.15) is 11.5 Å². The van der Waals surface area contributed by atoms with Crippen LogP contribution in [0.1, 0.15) is 18.2 Å². The van der Waals surface area contributed by atoms with Crippen molar-refractivity contribution in [3.05, 3.63) is 34.1 Å². The van der Waals surface area contributed by atoms with E-state index in [4.69, 9.17) is 5.84 Å². The van der Waals surface area contributed by atoms with E-state index in [2.05, 4.69) is 36.3 Å². The lowest BCUT2D eigenvalue weighted by atomic mass is 10.1. The highest BCUT2D eigenvalue weighted by molar-refractivity contribution is 9.10. The van der Waals surface area contributed by atoms with Gasteiger partial charge in [0.2, 0.25) is 0 Å². The Balaban J connectivity index is 2.60. The van der Waals surface area contributed by atoms with Crippen LogP contribution in [0.4, 0.5) is 5.82 Å². The number of nitrogens with one attached hydrogen (secondary N) is 1. The average molecular weight is 308 g/mol. The van der Waals surface area contributed by atoms with Crippen LogP contribution in [0.5, 0.6) is 0 Å². The molecule has 0 saturated heterocycles. The average Bonchev–Trinajstić information content (AvgIpc) is 2.38. The van der Waals surface area contributed by atoms with Crippen molar-refractivity contribution in [3.8, 4) is 11.5 Å². The summed E-state index contributed by atoms with van der Waals surface area (Å²) in [6.07, 6.45) is 2.54. The minimum atomic E-state index is 0.560. The molecule has 2 aromatic heterocycles. The van der Waals surface area contributed by atoms with E-state index in [0.29, 0.717) is 17.3 Å². The lowest BCUT2D eigenvalue weighted by Crippen LogP contribution is -2.13. The molecule has 0 aliphatic rings. The molecule has 2 aromatic rings. The van der Waals surface area contributed by atoms with E-state index in [9.17, 15) is 0 Å². The topological polar surface area (TPSA) is 76.7 Å². The van der Waals surface area contributed by atoms with Gasteiger partial charge < -0.3 is 5.43 Å². The monoisotopic (exact) mass is 307 g/mol. The SMILES string of the molecule is CCc1c(C)nc(-c2ncccc2Br)nc1NN. The maximum Gasteiger partial charge on any atom is 0.181 e. The lowest BCUT2D eigenvalue weighted by molar-refractivity contribution is 0.987. The van der Waals surface area contributed by atoms with Gasteiger partial charge in [-0.3, -0.25) is 4.98 Å². The molecule has 0 amide bonds. The number of anilines is 1. The van der Waals surface area contributed by atoms with Crippen LogP contribution < -0.4 is 11.3 Å². The van der Waals surface area contributed by atoms with E-state index >= 15 is 0 Å². The summed E-state index contributed by atoms with van der Waals surface area (Å²) in [6.45, 7) is 3.99. The van der Waals surface area contributed by atoms with Gasteiger partial charge >= 0.3 is 0 Å². The second kappa shape index (κ2) is 5.41. The van der Waals surface area contributed by atoms with E-state index in [1.54, 1.807) is 6.20 Å². The third-order valence-electron chi connectivity index (χ3n) is 2.67. The molecule has 0 radical (unpaired) electrons. The number of pyridine rings is 1. The van der Waals surface area contributed by atoms with Crippen molar-refractivity contribution >= 4 is 21.7 Å². The van der Waals surface area contributed by atoms with Gasteiger partial charge in [-0.25, -0.2) is 15.8 Å². The smallest absolute Gasteiger partial charge is 0.181 e. The molecule has 0 aliphatic heterocycles. The predicted molar refractivity (Wildman–Crippen MR) is 74.9 cm³/mol. The molecule has 94 valence electrons. The van der Waals surface area contributed by atoms with Gasteiger partial charge in [0.05, 0.1) is 0 Å². The van der Waals surface area contributed by atoms with Crippen molar-refractivity contribution in [1.29, 1.82) is 0 Å². The van der Waals surface area contributed by atoms with E-state index in [1.165, 1.54) is 0 Å². The molecule has 18 heavy (non-hydrogen) atoms. The van der Waals surface area contributed by atoms with Crippen LogP contribution in [-0.2, 0) is 6.42 Å². The first-order valence-corrected chi connectivity index (χ1v) is 6.41. The summed E-state index contributed by atoms with van der Waals surface area (Å²) in [5, 5.41) is 0. The largest absolute Gasteiger partial charge is 0.308 e. The molecule has 0 bridgehead atoms. The zero-order chi connectivity index (χ0) is 13.1. The summed E-state index contributed by atoms with van der Waals surface area (Å²) < 4.78 is 0.858. The lowest BCUT2D eigenvalue weighted by Gasteiger charge is -2.11. The first kappa shape index (κ1) is 12.9. The highest BCUT2D eigenvalue weighted by atomic mass is 79.9. The van der Waals surface area contributed by atoms with Gasteiger partial charge in [-0.1, -0.05) is 6.92 Å². The summed E-state index contributed by atoms with van der Waals surface area (Å²) in [7, 11) is 0. The van der Waals surface area contributed by atoms with Crippen LogP contribution in [0.15, 0.2) is 22.8 Å². The number of aryl methyl sites for hydroxylation is 1. The Labute approximate surface area is 114 Å². The summed E-state index contributed by atoms with van der Waals surface area (Å²) >= 11 is 3.45. The Morgan fingerprint density at radius 1 is 1.39 bits per heavy atom. The first-order valence-electron chi connectivity index (χ1n) is 5.62. The number of nitrogen functional groups attached to an aromatic ring is 1. The Bertz CT molecular complexity index is 570. The zero-order valence-corrected chi connectivity index (χ0v) is 11.8. The van der Waals surface area contributed by atoms with Gasteiger partial charge in [0.25, 0.3) is 0 Å². The number of hydrazine groups is 1. The maximum atomic E-state index is 5.51. The fraction of sp³-hybridized carbons (Fsp3) is 0.250. The molecule has 0 fully saturated rings. The van der Waals surface area contributed by atoms with Crippen LogP contribution in [0.3, 0.4) is 0 Å². The van der Waals surface area contributed by atoms with E-state index < -0.39 is 0 Å². The standard InChI is InChI=1S/C12H14BrN5/c1-3-8-7(2)16-12(17-11(8)18-14)10-9(13)5-4-6-15-10/h4-6H,3,14H2,1-2H3,(H,16,17,18). The van der Waals surface area contributed by atoms with Gasteiger partial charge in [-0.2, -0.15) is 0 Å². The molecule has 6 heteroatoms. The molecule has 5 nitrogen and oxygen atoms in total. The molecule has 0 atom stereocenters. The van der Waals surface area contributed by atoms with Crippen LogP contribution in [-0.4, -0.2) is 15.0 Å². The van der Waals surface area contributed by atoms with Crippen LogP contribution in [0.2, 0.25) is 0 Å². The number of nitrogens with zero attached hydrogens (tertiary/aromatic N) is 3. The maximum absolute atomic E-state index is 5.51. The molecule has 2 rings (SSSR count). The van der Waals surface area contributed by atoms with Crippen molar-refractivity contribution in [2.75, 3.05) is 5.43 Å². The van der Waals surface area contributed by atoms with E-state index in [1.807, 2.05) is 26.0 Å². The Kier molecular flexibility index (Phi) is 3.88. The van der Waals surface area contributed by atoms with E-state index in [-0.39, 0.29) is 0 Å². The number of halogens is 1. The first-order chi connectivity index (χ1) is 8.67. The number of nitrogens with two attached hydrogens (primary N) is 1. The van der Waals surface area contributed by atoms with Gasteiger partial charge in [0, 0.05) is 21.9 Å². The Morgan fingerprint density at radius 3 is 2.78 bits per heavy atom. The van der Waals surface area contributed by atoms with Crippen molar-refractivity contribution < 1.29 is 0 Å². The Morgan fingerprint density at radius 2 is 2.17 bits per heavy atom. The normalized spacial score (nSPS) is 10.4. The summed E-state index contributed by atoms with van der Waals surface area (Å²) in [5.74, 6) is 6.72. The molecular formula is C12H14BrN5. The quantitative estimate of drug-likeness (QED) is 0.673. The molecule has 2 heterocycles. The van der Waals surface area contributed by atoms with Crippen molar-refractivity contribution in [2.45, 2.75) is 20.3 Å². The van der Waals surface area contributed by atoms with Crippen molar-refractivity contribution in [2.24, 2.45) is 5.84 Å². The Hall–Kier alpha value is -1.53. The minimum Gasteiger partial charge on any atom is -0.308 e. The number of aromatic nitrogens is 3. The number of rotatable bonds is 3. The molecule has 3 N–H and O–H groups in total.